The zero-order chi connectivity index (χ0) is 22.8. The van der Waals surface area contributed by atoms with Crippen LogP contribution in [0.5, 0.6) is 5.75 Å². The third kappa shape index (κ3) is 4.61. The molecule has 0 aliphatic carbocycles. The van der Waals surface area contributed by atoms with Crippen LogP contribution in [0.15, 0.2) is 60.7 Å². The van der Waals surface area contributed by atoms with Crippen molar-refractivity contribution < 1.29 is 4.74 Å². The van der Waals surface area contributed by atoms with Crippen LogP contribution in [0.25, 0.3) is 11.3 Å². The van der Waals surface area contributed by atoms with Gasteiger partial charge in [-0.15, -0.1) is 0 Å². The lowest BCUT2D eigenvalue weighted by atomic mass is 9.74. The molecule has 172 valence electrons. The number of rotatable bonds is 6. The number of fused-ring (bicyclic) bond motifs is 3. The Kier molecular flexibility index (Phi) is 6.33. The molecule has 33 heavy (non-hydrogen) atoms. The molecule has 0 saturated carbocycles. The maximum Gasteiger partial charge on any atom is 0.170 e. The molecule has 1 aromatic heterocycles. The number of hydrogen-bond donors (Lipinski definition) is 2. The van der Waals surface area contributed by atoms with Gasteiger partial charge in [0.1, 0.15) is 5.75 Å². The summed E-state index contributed by atoms with van der Waals surface area (Å²) in [6.45, 7) is 3.10. The first-order valence-corrected chi connectivity index (χ1v) is 12.0. The van der Waals surface area contributed by atoms with Gasteiger partial charge in [0, 0.05) is 49.0 Å². The van der Waals surface area contributed by atoms with Crippen molar-refractivity contribution in [2.75, 3.05) is 32.1 Å². The van der Waals surface area contributed by atoms with E-state index in [9.17, 15) is 0 Å². The molecule has 4 atom stereocenters. The molecule has 6 rings (SSSR count). The summed E-state index contributed by atoms with van der Waals surface area (Å²) in [5.74, 6) is 2.03. The summed E-state index contributed by atoms with van der Waals surface area (Å²) < 4.78 is 7.63. The lowest BCUT2D eigenvalue weighted by Crippen LogP contribution is -2.56. The number of ether oxygens (including phenoxy) is 1. The van der Waals surface area contributed by atoms with Gasteiger partial charge in [-0.1, -0.05) is 30.3 Å². The minimum absolute atomic E-state index is 0.505. The van der Waals surface area contributed by atoms with Gasteiger partial charge in [0.25, 0.3) is 0 Å². The number of nitrogens with one attached hydrogen (secondary N) is 2. The Morgan fingerprint density at radius 1 is 1.15 bits per heavy atom. The first-order chi connectivity index (χ1) is 16.1. The first-order valence-electron chi connectivity index (χ1n) is 11.6. The smallest absolute Gasteiger partial charge is 0.170 e. The van der Waals surface area contributed by atoms with Crippen LogP contribution >= 0.6 is 12.2 Å². The predicted molar refractivity (Wildman–Crippen MR) is 137 cm³/mol. The number of aryl methyl sites for hydroxylation is 1. The summed E-state index contributed by atoms with van der Waals surface area (Å²) in [4.78, 5) is 2.62. The summed E-state index contributed by atoms with van der Waals surface area (Å²) in [6.07, 6.45) is 2.42. The molecule has 3 aliphatic rings. The number of piperidine rings is 3. The van der Waals surface area contributed by atoms with Crippen molar-refractivity contribution in [2.45, 2.75) is 24.8 Å². The number of nitrogens with zero attached hydrogens (tertiary/aromatic N) is 3. The Balaban J connectivity index is 1.24. The number of thiocarbonyl (C=S) groups is 1. The van der Waals surface area contributed by atoms with E-state index in [2.05, 4.69) is 39.4 Å². The highest BCUT2D eigenvalue weighted by Crippen LogP contribution is 2.42. The van der Waals surface area contributed by atoms with Gasteiger partial charge < -0.3 is 15.4 Å². The average molecular weight is 462 g/mol. The molecule has 3 fully saturated rings. The average Bonchev–Trinajstić information content (AvgIpc) is 3.25. The summed E-state index contributed by atoms with van der Waals surface area (Å²) in [5.41, 5.74) is 4.36. The quantitative estimate of drug-likeness (QED) is 0.535. The number of methoxy groups -OCH3 is 1. The van der Waals surface area contributed by atoms with Gasteiger partial charge in [-0.25, -0.2) is 0 Å². The highest BCUT2D eigenvalue weighted by molar-refractivity contribution is 7.80. The number of hydrogen-bond acceptors (Lipinski definition) is 4. The Morgan fingerprint density at radius 3 is 2.70 bits per heavy atom. The molecule has 6 nitrogen and oxygen atoms in total. The monoisotopic (exact) mass is 461 g/mol. The number of anilines is 1. The summed E-state index contributed by atoms with van der Waals surface area (Å²) in [5, 5.41) is 12.2. The number of benzene rings is 2. The van der Waals surface area contributed by atoms with Crippen LogP contribution in [-0.4, -0.2) is 52.6 Å². The second-order valence-electron chi connectivity index (χ2n) is 9.02. The van der Waals surface area contributed by atoms with Crippen LogP contribution in [0.4, 0.5) is 5.69 Å². The van der Waals surface area contributed by atoms with E-state index in [0.29, 0.717) is 23.0 Å². The molecule has 2 aromatic carbocycles. The van der Waals surface area contributed by atoms with Crippen molar-refractivity contribution in [3.8, 4) is 17.0 Å². The minimum Gasteiger partial charge on any atom is -0.496 e. The Morgan fingerprint density at radius 2 is 1.94 bits per heavy atom. The molecule has 0 radical (unpaired) electrons. The SMILES string of the molecule is COc1ccccc1-c1cc(C2CN3CCC2CC3CNC(=S)Nc2ccccc2)n(C)n1. The van der Waals surface area contributed by atoms with Crippen molar-refractivity contribution >= 4 is 23.0 Å². The topological polar surface area (TPSA) is 54.4 Å². The number of para-hydroxylation sites is 2. The summed E-state index contributed by atoms with van der Waals surface area (Å²) >= 11 is 5.51. The van der Waals surface area contributed by atoms with E-state index in [4.69, 9.17) is 22.1 Å². The van der Waals surface area contributed by atoms with E-state index in [-0.39, 0.29) is 0 Å². The maximum absolute atomic E-state index is 5.56. The molecule has 2 N–H and O–H groups in total. The van der Waals surface area contributed by atoms with E-state index in [1.165, 1.54) is 18.5 Å². The van der Waals surface area contributed by atoms with Gasteiger partial charge in [-0.2, -0.15) is 5.10 Å². The molecule has 3 saturated heterocycles. The fraction of sp³-hybridized carbons (Fsp3) is 0.385. The van der Waals surface area contributed by atoms with Crippen LogP contribution < -0.4 is 15.4 Å². The molecule has 0 spiro atoms. The van der Waals surface area contributed by atoms with Crippen LogP contribution in [0.2, 0.25) is 0 Å². The molecule has 4 heterocycles. The summed E-state index contributed by atoms with van der Waals surface area (Å²) in [7, 11) is 3.78. The van der Waals surface area contributed by atoms with Crippen LogP contribution in [0.1, 0.15) is 24.5 Å². The van der Waals surface area contributed by atoms with Crippen molar-refractivity contribution in [2.24, 2.45) is 13.0 Å². The molecule has 3 aromatic rings. The van der Waals surface area contributed by atoms with Gasteiger partial charge in [0.15, 0.2) is 5.11 Å². The first kappa shape index (κ1) is 21.9. The van der Waals surface area contributed by atoms with Crippen LogP contribution in [-0.2, 0) is 7.05 Å². The van der Waals surface area contributed by atoms with Crippen molar-refractivity contribution in [1.82, 2.24) is 20.0 Å². The molecule has 3 aliphatic heterocycles. The standard InChI is InChI=1S/C26H31N5OS/c1-30-24(15-23(29-30)21-10-6-7-11-25(21)32-2)22-17-31-13-12-18(22)14-20(31)16-27-26(33)28-19-8-4-3-5-9-19/h3-11,15,18,20,22H,12-14,16-17H2,1-2H3,(H2,27,28,33). The molecule has 4 unspecified atom stereocenters. The van der Waals surface area contributed by atoms with Gasteiger partial charge in [0.2, 0.25) is 0 Å². The van der Waals surface area contributed by atoms with Gasteiger partial charge >= 0.3 is 0 Å². The third-order valence-corrected chi connectivity index (χ3v) is 7.33. The molecule has 7 heteroatoms. The minimum atomic E-state index is 0.505. The van der Waals surface area contributed by atoms with Gasteiger partial charge in [-0.05, 0) is 67.9 Å². The molecule has 2 bridgehead atoms. The lowest BCUT2D eigenvalue weighted by Gasteiger charge is -2.50. The number of aromatic nitrogens is 2. The molecular formula is C26H31N5OS. The van der Waals surface area contributed by atoms with E-state index in [1.807, 2.05) is 48.5 Å². The molecular weight excluding hydrogens is 430 g/mol. The second-order valence-corrected chi connectivity index (χ2v) is 9.43. The normalized spacial score (nSPS) is 23.8. The Labute approximate surface area is 200 Å². The lowest BCUT2D eigenvalue weighted by molar-refractivity contribution is 0.0303. The van der Waals surface area contributed by atoms with Crippen molar-refractivity contribution in [3.63, 3.8) is 0 Å². The van der Waals surface area contributed by atoms with Crippen molar-refractivity contribution in [1.29, 1.82) is 0 Å². The Bertz CT molecular complexity index is 1110. The van der Waals surface area contributed by atoms with Gasteiger partial charge in [-0.3, -0.25) is 9.58 Å². The highest BCUT2D eigenvalue weighted by Gasteiger charge is 2.41. The van der Waals surface area contributed by atoms with E-state index >= 15 is 0 Å². The highest BCUT2D eigenvalue weighted by atomic mass is 32.1. The largest absolute Gasteiger partial charge is 0.496 e. The maximum atomic E-state index is 5.56. The van der Waals surface area contributed by atoms with Crippen molar-refractivity contribution in [3.05, 3.63) is 66.4 Å². The zero-order valence-electron chi connectivity index (χ0n) is 19.2. The zero-order valence-corrected chi connectivity index (χ0v) is 20.0. The fourth-order valence-corrected chi connectivity index (χ4v) is 5.61. The Hall–Kier alpha value is -2.90. The van der Waals surface area contributed by atoms with Crippen LogP contribution in [0.3, 0.4) is 0 Å². The molecule has 0 amide bonds. The van der Waals surface area contributed by atoms with E-state index in [1.54, 1.807) is 7.11 Å². The van der Waals surface area contributed by atoms with Gasteiger partial charge in [0.05, 0.1) is 12.8 Å². The van der Waals surface area contributed by atoms with Crippen LogP contribution in [0, 0.1) is 5.92 Å². The van der Waals surface area contributed by atoms with E-state index in [0.717, 1.165) is 42.3 Å². The summed E-state index contributed by atoms with van der Waals surface area (Å²) in [6, 6.07) is 20.9. The second kappa shape index (κ2) is 9.53. The van der Waals surface area contributed by atoms with E-state index < -0.39 is 0 Å². The third-order valence-electron chi connectivity index (χ3n) is 7.09. The predicted octanol–water partition coefficient (Wildman–Crippen LogP) is 4.26. The fourth-order valence-electron chi connectivity index (χ4n) is 5.41.